The van der Waals surface area contributed by atoms with Crippen LogP contribution in [0.1, 0.15) is 39.1 Å². The van der Waals surface area contributed by atoms with Crippen molar-refractivity contribution in [3.05, 3.63) is 21.9 Å². The Hall–Kier alpha value is -1.40. The first kappa shape index (κ1) is 14.0. The average molecular weight is 281 g/mol. The van der Waals surface area contributed by atoms with Crippen LogP contribution >= 0.6 is 11.3 Å². The Balaban J connectivity index is 2.19. The zero-order chi connectivity index (χ0) is 14.0. The lowest BCUT2D eigenvalue weighted by atomic mass is 9.90. The standard InChI is InChI=1S/C13H19N3O2S/c1-8-3-2-6-16(9(8)7-14)13(18)11-5-4-10(19-11)12(15)17/h4-5,8-9H,2-3,6-7,14H2,1H3,(H2,15,17)/t8-,9+/m1/s1. The lowest BCUT2D eigenvalue weighted by molar-refractivity contribution is 0.0537. The number of primary amides is 1. The van der Waals surface area contributed by atoms with Gasteiger partial charge in [-0.2, -0.15) is 0 Å². The number of nitrogens with zero attached hydrogens (tertiary/aromatic N) is 1. The average Bonchev–Trinajstić information content (AvgIpc) is 2.87. The number of hydrogen-bond acceptors (Lipinski definition) is 4. The Morgan fingerprint density at radius 3 is 2.68 bits per heavy atom. The highest BCUT2D eigenvalue weighted by Gasteiger charge is 2.31. The van der Waals surface area contributed by atoms with Gasteiger partial charge in [-0.25, -0.2) is 0 Å². The SMILES string of the molecule is C[C@@H]1CCCN(C(=O)c2ccc(C(N)=O)s2)[C@H]1CN. The van der Waals surface area contributed by atoms with Crippen molar-refractivity contribution in [1.29, 1.82) is 0 Å². The van der Waals surface area contributed by atoms with Crippen LogP contribution in [0, 0.1) is 5.92 Å². The molecule has 2 heterocycles. The van der Waals surface area contributed by atoms with E-state index in [2.05, 4.69) is 6.92 Å². The van der Waals surface area contributed by atoms with Gasteiger partial charge in [0.15, 0.2) is 0 Å². The van der Waals surface area contributed by atoms with Crippen LogP contribution in [0.3, 0.4) is 0 Å². The molecule has 104 valence electrons. The molecule has 1 aliphatic heterocycles. The second kappa shape index (κ2) is 5.71. The third kappa shape index (κ3) is 2.79. The second-order valence-electron chi connectivity index (χ2n) is 4.95. The Morgan fingerprint density at radius 2 is 2.11 bits per heavy atom. The number of amides is 2. The molecule has 4 N–H and O–H groups in total. The highest BCUT2D eigenvalue weighted by Crippen LogP contribution is 2.26. The summed E-state index contributed by atoms with van der Waals surface area (Å²) in [5.74, 6) is -0.121. The van der Waals surface area contributed by atoms with Crippen LogP contribution in [0.25, 0.3) is 0 Å². The van der Waals surface area contributed by atoms with Gasteiger partial charge in [-0.1, -0.05) is 6.92 Å². The molecule has 2 amide bonds. The molecule has 0 aromatic carbocycles. The number of hydrogen-bond donors (Lipinski definition) is 2. The third-order valence-corrected chi connectivity index (χ3v) is 4.77. The van der Waals surface area contributed by atoms with Gasteiger partial charge in [0.25, 0.3) is 11.8 Å². The Labute approximate surface area is 116 Å². The van der Waals surface area contributed by atoms with Crippen molar-refractivity contribution in [3.63, 3.8) is 0 Å². The minimum atomic E-state index is -0.494. The predicted molar refractivity (Wildman–Crippen MR) is 75.1 cm³/mol. The monoisotopic (exact) mass is 281 g/mol. The van der Waals surface area contributed by atoms with Gasteiger partial charge < -0.3 is 16.4 Å². The van der Waals surface area contributed by atoms with Crippen LogP contribution in [0.15, 0.2) is 12.1 Å². The summed E-state index contributed by atoms with van der Waals surface area (Å²) >= 11 is 1.15. The minimum Gasteiger partial charge on any atom is -0.365 e. The normalized spacial score (nSPS) is 23.4. The van der Waals surface area contributed by atoms with Crippen molar-refractivity contribution in [2.75, 3.05) is 13.1 Å². The molecule has 0 bridgehead atoms. The molecule has 1 aromatic rings. The number of carbonyl (C=O) groups is 2. The molecule has 19 heavy (non-hydrogen) atoms. The van der Waals surface area contributed by atoms with Crippen molar-refractivity contribution >= 4 is 23.2 Å². The molecule has 1 saturated heterocycles. The van der Waals surface area contributed by atoms with E-state index in [1.807, 2.05) is 4.90 Å². The number of piperidine rings is 1. The summed E-state index contributed by atoms with van der Waals surface area (Å²) in [6.45, 7) is 3.33. The fourth-order valence-corrected chi connectivity index (χ4v) is 3.40. The summed E-state index contributed by atoms with van der Waals surface area (Å²) < 4.78 is 0. The van der Waals surface area contributed by atoms with Crippen molar-refractivity contribution < 1.29 is 9.59 Å². The van der Waals surface area contributed by atoms with Gasteiger partial charge in [0.05, 0.1) is 9.75 Å². The van der Waals surface area contributed by atoms with Crippen molar-refractivity contribution in [1.82, 2.24) is 4.90 Å². The van der Waals surface area contributed by atoms with Crippen molar-refractivity contribution in [2.45, 2.75) is 25.8 Å². The molecule has 0 radical (unpaired) electrons. The van der Waals surface area contributed by atoms with Crippen LogP contribution in [0.5, 0.6) is 0 Å². The highest BCUT2D eigenvalue weighted by molar-refractivity contribution is 7.15. The molecule has 0 aliphatic carbocycles. The first-order valence-corrected chi connectivity index (χ1v) is 7.27. The topological polar surface area (TPSA) is 89.4 Å². The fraction of sp³-hybridized carbons (Fsp3) is 0.538. The Bertz CT molecular complexity index is 486. The van der Waals surface area contributed by atoms with Gasteiger partial charge in [0, 0.05) is 19.1 Å². The molecule has 2 atom stereocenters. The Morgan fingerprint density at radius 1 is 1.42 bits per heavy atom. The van der Waals surface area contributed by atoms with E-state index in [0.717, 1.165) is 30.7 Å². The van der Waals surface area contributed by atoms with E-state index in [9.17, 15) is 9.59 Å². The second-order valence-corrected chi connectivity index (χ2v) is 6.03. The first-order valence-electron chi connectivity index (χ1n) is 6.45. The largest absolute Gasteiger partial charge is 0.365 e. The lowest BCUT2D eigenvalue weighted by Crippen LogP contribution is -2.51. The quantitative estimate of drug-likeness (QED) is 0.867. The smallest absolute Gasteiger partial charge is 0.264 e. The van der Waals surface area contributed by atoms with E-state index >= 15 is 0 Å². The maximum atomic E-state index is 12.5. The summed E-state index contributed by atoms with van der Waals surface area (Å²) in [5.41, 5.74) is 11.0. The van der Waals surface area contributed by atoms with Crippen molar-refractivity contribution in [3.8, 4) is 0 Å². The predicted octanol–water partition coefficient (Wildman–Crippen LogP) is 1.05. The molecule has 0 unspecified atom stereocenters. The van der Waals surface area contributed by atoms with E-state index < -0.39 is 5.91 Å². The van der Waals surface area contributed by atoms with Gasteiger partial charge in [0.1, 0.15) is 0 Å². The fourth-order valence-electron chi connectivity index (χ4n) is 2.59. The highest BCUT2D eigenvalue weighted by atomic mass is 32.1. The molecule has 2 rings (SSSR count). The minimum absolute atomic E-state index is 0.0421. The number of likely N-dealkylation sites (tertiary alicyclic amines) is 1. The number of carbonyl (C=O) groups excluding carboxylic acids is 2. The van der Waals surface area contributed by atoms with Crippen LogP contribution < -0.4 is 11.5 Å². The summed E-state index contributed by atoms with van der Waals surface area (Å²) in [6.07, 6.45) is 2.10. The van der Waals surface area contributed by atoms with Crippen molar-refractivity contribution in [2.24, 2.45) is 17.4 Å². The van der Waals surface area contributed by atoms with E-state index in [1.54, 1.807) is 12.1 Å². The summed E-state index contributed by atoms with van der Waals surface area (Å²) in [6, 6.07) is 3.35. The van der Waals surface area contributed by atoms with Gasteiger partial charge in [-0.15, -0.1) is 11.3 Å². The third-order valence-electron chi connectivity index (χ3n) is 3.68. The van der Waals surface area contributed by atoms with Crippen LogP contribution in [0.2, 0.25) is 0 Å². The number of thiophene rings is 1. The maximum Gasteiger partial charge on any atom is 0.264 e. The van der Waals surface area contributed by atoms with E-state index in [1.165, 1.54) is 0 Å². The number of rotatable bonds is 3. The molecular weight excluding hydrogens is 262 g/mol. The summed E-state index contributed by atoms with van der Waals surface area (Å²) in [5, 5.41) is 0. The molecule has 5 nitrogen and oxygen atoms in total. The molecule has 6 heteroatoms. The lowest BCUT2D eigenvalue weighted by Gasteiger charge is -2.39. The summed E-state index contributed by atoms with van der Waals surface area (Å²) in [7, 11) is 0. The van der Waals surface area contributed by atoms with Gasteiger partial charge in [-0.3, -0.25) is 9.59 Å². The van der Waals surface area contributed by atoms with Gasteiger partial charge in [-0.05, 0) is 30.9 Å². The zero-order valence-electron chi connectivity index (χ0n) is 11.0. The maximum absolute atomic E-state index is 12.5. The molecule has 1 aromatic heterocycles. The molecule has 1 fully saturated rings. The summed E-state index contributed by atoms with van der Waals surface area (Å²) in [4.78, 5) is 26.4. The van der Waals surface area contributed by atoms with E-state index in [-0.39, 0.29) is 11.9 Å². The molecular formula is C13H19N3O2S. The molecule has 0 spiro atoms. The molecule has 1 aliphatic rings. The van der Waals surface area contributed by atoms with Crippen LogP contribution in [-0.4, -0.2) is 35.8 Å². The van der Waals surface area contributed by atoms with E-state index in [4.69, 9.17) is 11.5 Å². The number of nitrogens with two attached hydrogens (primary N) is 2. The zero-order valence-corrected chi connectivity index (χ0v) is 11.8. The van der Waals surface area contributed by atoms with Gasteiger partial charge >= 0.3 is 0 Å². The molecule has 0 saturated carbocycles. The van der Waals surface area contributed by atoms with Crippen LogP contribution in [0.4, 0.5) is 0 Å². The Kier molecular flexibility index (Phi) is 4.21. The van der Waals surface area contributed by atoms with E-state index in [0.29, 0.717) is 22.2 Å². The van der Waals surface area contributed by atoms with Crippen LogP contribution in [-0.2, 0) is 0 Å². The first-order chi connectivity index (χ1) is 9.04. The van der Waals surface area contributed by atoms with Gasteiger partial charge in [0.2, 0.25) is 0 Å².